The van der Waals surface area contributed by atoms with Crippen LogP contribution in [0, 0.1) is 17.5 Å². The normalized spacial score (nSPS) is 17.1. The average molecular weight is 483 g/mol. The van der Waals surface area contributed by atoms with E-state index in [1.54, 1.807) is 0 Å². The minimum atomic E-state index is -1.79. The first kappa shape index (κ1) is 25.4. The summed E-state index contributed by atoms with van der Waals surface area (Å²) in [5.74, 6) is -5.86. The van der Waals surface area contributed by atoms with Crippen LogP contribution in [-0.4, -0.2) is 46.9 Å². The van der Waals surface area contributed by atoms with E-state index in [4.69, 9.17) is 0 Å². The second-order valence-electron chi connectivity index (χ2n) is 8.31. The number of nitrogens with one attached hydrogen (secondary N) is 1. The van der Waals surface area contributed by atoms with Crippen LogP contribution in [0.2, 0.25) is 0 Å². The number of aromatic hydroxyl groups is 1. The van der Waals surface area contributed by atoms with Crippen LogP contribution in [-0.2, 0) is 6.54 Å². The van der Waals surface area contributed by atoms with Crippen LogP contribution >= 0.6 is 0 Å². The Balaban J connectivity index is 1.99. The monoisotopic (exact) mass is 483 g/mol. The van der Waals surface area contributed by atoms with Crippen LogP contribution in [0.4, 0.5) is 17.6 Å². The molecule has 0 fully saturated rings. The van der Waals surface area contributed by atoms with Gasteiger partial charge >= 0.3 is 0 Å². The third kappa shape index (κ3) is 4.84. The van der Waals surface area contributed by atoms with Crippen LogP contribution in [0.5, 0.6) is 5.75 Å². The van der Waals surface area contributed by atoms with Gasteiger partial charge in [0.2, 0.25) is 5.43 Å². The summed E-state index contributed by atoms with van der Waals surface area (Å²) in [6, 6.07) is 0.218. The van der Waals surface area contributed by atoms with Gasteiger partial charge in [-0.1, -0.05) is 13.3 Å². The molecule has 2 N–H and O–H groups in total. The summed E-state index contributed by atoms with van der Waals surface area (Å²) in [4.78, 5) is 39.1. The van der Waals surface area contributed by atoms with Crippen molar-refractivity contribution in [2.24, 2.45) is 0 Å². The number of benzene rings is 1. The largest absolute Gasteiger partial charge is 0.503 e. The fraction of sp³-hybridized carbons (Fsp3) is 0.435. The standard InChI is InChI=1S/C23H25F4N3O4/c1-3-4-5-29(2)10-13-8-17(27)20-19(22(33)21(32)18(11-31)30(13)20)23(34)28-9-14-15(25)6-12(24)7-16(14)26/h6-7,11,13,17,32H,3-5,8-10H2,1-2H3,(H,28,34). The van der Waals surface area contributed by atoms with Gasteiger partial charge in [0.05, 0.1) is 11.7 Å². The van der Waals surface area contributed by atoms with Crippen LogP contribution in [0.3, 0.4) is 0 Å². The van der Waals surface area contributed by atoms with Crippen molar-refractivity contribution >= 4 is 12.2 Å². The first-order valence-corrected chi connectivity index (χ1v) is 10.8. The number of aromatic nitrogens is 1. The van der Waals surface area contributed by atoms with Crippen molar-refractivity contribution in [2.45, 2.75) is 44.9 Å². The van der Waals surface area contributed by atoms with E-state index >= 15 is 4.39 Å². The van der Waals surface area contributed by atoms with Gasteiger partial charge in [-0.15, -0.1) is 0 Å². The van der Waals surface area contributed by atoms with E-state index in [0.717, 1.165) is 17.4 Å². The summed E-state index contributed by atoms with van der Waals surface area (Å²) in [5.41, 5.74) is -3.50. The number of alkyl halides is 1. The average Bonchev–Trinajstić information content (AvgIpc) is 3.07. The van der Waals surface area contributed by atoms with E-state index in [1.807, 2.05) is 18.9 Å². The molecule has 0 saturated carbocycles. The zero-order valence-corrected chi connectivity index (χ0v) is 18.7. The van der Waals surface area contributed by atoms with Gasteiger partial charge in [-0.25, -0.2) is 17.6 Å². The predicted octanol–water partition coefficient (Wildman–Crippen LogP) is 3.40. The van der Waals surface area contributed by atoms with E-state index in [2.05, 4.69) is 5.32 Å². The van der Waals surface area contributed by atoms with Gasteiger partial charge in [0, 0.05) is 37.2 Å². The van der Waals surface area contributed by atoms with Gasteiger partial charge in [0.15, 0.2) is 12.0 Å². The SMILES string of the molecule is CCCCN(C)CC1CC(F)c2c(C(=O)NCc3c(F)cc(F)cc3F)c(=O)c(O)c(C=O)n21. The third-order valence-electron chi connectivity index (χ3n) is 5.89. The summed E-state index contributed by atoms with van der Waals surface area (Å²) in [7, 11) is 1.81. The number of fused-ring (bicyclic) bond motifs is 1. The molecule has 0 aliphatic carbocycles. The molecule has 7 nitrogen and oxygen atoms in total. The number of amides is 1. The lowest BCUT2D eigenvalue weighted by Crippen LogP contribution is -2.34. The Morgan fingerprint density at radius 1 is 1.29 bits per heavy atom. The van der Waals surface area contributed by atoms with Gasteiger partial charge in [0.1, 0.15) is 34.9 Å². The Bertz CT molecular complexity index is 1140. The molecule has 1 aliphatic heterocycles. The van der Waals surface area contributed by atoms with Crippen LogP contribution in [0.1, 0.15) is 70.5 Å². The summed E-state index contributed by atoms with van der Waals surface area (Å²) in [6.45, 7) is 2.25. The van der Waals surface area contributed by atoms with Gasteiger partial charge in [-0.05, 0) is 20.0 Å². The third-order valence-corrected chi connectivity index (χ3v) is 5.89. The zero-order chi connectivity index (χ0) is 25.2. The second-order valence-corrected chi connectivity index (χ2v) is 8.31. The summed E-state index contributed by atoms with van der Waals surface area (Å²) in [5, 5.41) is 12.5. The Labute approximate surface area is 193 Å². The molecular weight excluding hydrogens is 458 g/mol. The Morgan fingerprint density at radius 2 is 1.94 bits per heavy atom. The van der Waals surface area contributed by atoms with Crippen LogP contribution in [0.15, 0.2) is 16.9 Å². The molecule has 0 radical (unpaired) electrons. The van der Waals surface area contributed by atoms with Crippen molar-refractivity contribution in [1.82, 2.24) is 14.8 Å². The first-order chi connectivity index (χ1) is 16.1. The van der Waals surface area contributed by atoms with Gasteiger partial charge in [-0.2, -0.15) is 0 Å². The number of halogens is 4. The van der Waals surface area contributed by atoms with Crippen molar-refractivity contribution in [3.63, 3.8) is 0 Å². The number of aldehydes is 1. The molecule has 2 heterocycles. The summed E-state index contributed by atoms with van der Waals surface area (Å²) < 4.78 is 57.2. The molecule has 1 amide bonds. The number of nitrogens with zero attached hydrogens (tertiary/aromatic N) is 2. The fourth-order valence-corrected chi connectivity index (χ4v) is 4.24. The highest BCUT2D eigenvalue weighted by atomic mass is 19.1. The number of carbonyl (C=O) groups excluding carboxylic acids is 2. The lowest BCUT2D eigenvalue weighted by molar-refractivity contribution is 0.0943. The molecule has 1 aromatic carbocycles. The molecule has 1 aliphatic rings. The van der Waals surface area contributed by atoms with Gasteiger partial charge in [-0.3, -0.25) is 14.4 Å². The van der Waals surface area contributed by atoms with Crippen molar-refractivity contribution in [3.8, 4) is 5.75 Å². The molecule has 2 unspecified atom stereocenters. The fourth-order valence-electron chi connectivity index (χ4n) is 4.24. The molecule has 2 atom stereocenters. The van der Waals surface area contributed by atoms with Crippen molar-refractivity contribution in [2.75, 3.05) is 20.1 Å². The van der Waals surface area contributed by atoms with Gasteiger partial charge in [0.25, 0.3) is 5.91 Å². The summed E-state index contributed by atoms with van der Waals surface area (Å²) in [6.07, 6.45) is 0.111. The zero-order valence-electron chi connectivity index (χ0n) is 18.7. The van der Waals surface area contributed by atoms with Crippen molar-refractivity contribution < 1.29 is 32.3 Å². The number of hydrogen-bond acceptors (Lipinski definition) is 5. The van der Waals surface area contributed by atoms with E-state index in [9.17, 15) is 32.7 Å². The molecule has 1 aromatic heterocycles. The number of carbonyl (C=O) groups is 2. The lowest BCUT2D eigenvalue weighted by atomic mass is 10.1. The number of hydrogen-bond donors (Lipinski definition) is 2. The molecule has 0 bridgehead atoms. The van der Waals surface area contributed by atoms with Crippen molar-refractivity contribution in [1.29, 1.82) is 0 Å². The molecule has 3 rings (SSSR count). The molecule has 184 valence electrons. The van der Waals surface area contributed by atoms with Crippen LogP contribution in [0.25, 0.3) is 0 Å². The van der Waals surface area contributed by atoms with Gasteiger partial charge < -0.3 is 19.9 Å². The van der Waals surface area contributed by atoms with Crippen LogP contribution < -0.4 is 10.7 Å². The first-order valence-electron chi connectivity index (χ1n) is 10.8. The topological polar surface area (TPSA) is 91.6 Å². The number of pyridine rings is 1. The van der Waals surface area contributed by atoms with E-state index in [1.165, 1.54) is 0 Å². The van der Waals surface area contributed by atoms with Crippen molar-refractivity contribution in [3.05, 3.63) is 62.3 Å². The second kappa shape index (κ2) is 10.4. The predicted molar refractivity (Wildman–Crippen MR) is 115 cm³/mol. The molecule has 0 spiro atoms. The maximum atomic E-state index is 15.1. The highest BCUT2D eigenvalue weighted by Gasteiger charge is 2.39. The molecule has 34 heavy (non-hydrogen) atoms. The highest BCUT2D eigenvalue weighted by Crippen LogP contribution is 2.41. The molecular formula is C23H25F4N3O4. The lowest BCUT2D eigenvalue weighted by Gasteiger charge is -2.24. The molecule has 2 aromatic rings. The minimum Gasteiger partial charge on any atom is -0.503 e. The number of likely N-dealkylation sites (N-methyl/N-ethyl adjacent to an activating group) is 1. The van der Waals surface area contributed by atoms with E-state index in [0.29, 0.717) is 25.2 Å². The Hall–Kier alpha value is -3.21. The number of unbranched alkanes of at least 4 members (excludes halogenated alkanes) is 1. The maximum absolute atomic E-state index is 15.1. The molecule has 11 heteroatoms. The van der Waals surface area contributed by atoms with E-state index < -0.39 is 70.1 Å². The smallest absolute Gasteiger partial charge is 0.257 e. The summed E-state index contributed by atoms with van der Waals surface area (Å²) >= 11 is 0. The van der Waals surface area contributed by atoms with E-state index in [-0.39, 0.29) is 18.4 Å². The minimum absolute atomic E-state index is 0.137. The Morgan fingerprint density at radius 3 is 2.53 bits per heavy atom. The Kier molecular flexibility index (Phi) is 7.75. The highest BCUT2D eigenvalue weighted by molar-refractivity contribution is 5.97. The number of rotatable bonds is 9. The molecule has 0 saturated heterocycles. The quantitative estimate of drug-likeness (QED) is 0.422. The maximum Gasteiger partial charge on any atom is 0.257 e.